The summed E-state index contributed by atoms with van der Waals surface area (Å²) in [5, 5.41) is 0.685. The lowest BCUT2D eigenvalue weighted by Crippen LogP contribution is -1.90. The summed E-state index contributed by atoms with van der Waals surface area (Å²) in [5.41, 5.74) is 1.09. The van der Waals surface area contributed by atoms with Crippen molar-refractivity contribution >= 4 is 11.6 Å². The average molecular weight is 265 g/mol. The van der Waals surface area contributed by atoms with Crippen molar-refractivity contribution in [2.24, 2.45) is 0 Å². The molecule has 18 heavy (non-hydrogen) atoms. The minimum Gasteiger partial charge on any atom is -0.457 e. The molecular formula is C15H14ClFO. The molecule has 0 heterocycles. The second kappa shape index (κ2) is 5.40. The summed E-state index contributed by atoms with van der Waals surface area (Å²) in [6, 6.07) is 11.5. The number of benzene rings is 2. The number of hydrogen-bond donors (Lipinski definition) is 0. The molecule has 2 rings (SSSR count). The Labute approximate surface area is 111 Å². The molecule has 0 amide bonds. The van der Waals surface area contributed by atoms with E-state index in [4.69, 9.17) is 16.3 Å². The van der Waals surface area contributed by atoms with Gasteiger partial charge >= 0.3 is 0 Å². The van der Waals surface area contributed by atoms with E-state index in [9.17, 15) is 4.39 Å². The van der Waals surface area contributed by atoms with Crippen LogP contribution in [-0.4, -0.2) is 0 Å². The minimum absolute atomic E-state index is 0.282. The van der Waals surface area contributed by atoms with Crippen LogP contribution in [0.1, 0.15) is 25.3 Å². The van der Waals surface area contributed by atoms with Crippen LogP contribution in [0.25, 0.3) is 0 Å². The largest absolute Gasteiger partial charge is 0.457 e. The van der Waals surface area contributed by atoms with Crippen molar-refractivity contribution in [1.29, 1.82) is 0 Å². The highest BCUT2D eigenvalue weighted by Crippen LogP contribution is 2.30. The van der Waals surface area contributed by atoms with Gasteiger partial charge in [-0.1, -0.05) is 31.5 Å². The Balaban J connectivity index is 2.20. The van der Waals surface area contributed by atoms with E-state index < -0.39 is 0 Å². The van der Waals surface area contributed by atoms with Gasteiger partial charge < -0.3 is 4.74 Å². The van der Waals surface area contributed by atoms with Gasteiger partial charge in [0.25, 0.3) is 0 Å². The molecular weight excluding hydrogens is 251 g/mol. The Morgan fingerprint density at radius 1 is 1.00 bits per heavy atom. The average Bonchev–Trinajstić information content (AvgIpc) is 2.32. The Morgan fingerprint density at radius 2 is 1.61 bits per heavy atom. The fourth-order valence-electron chi connectivity index (χ4n) is 1.68. The molecule has 2 aromatic rings. The molecule has 0 aliphatic rings. The molecule has 0 radical (unpaired) electrons. The van der Waals surface area contributed by atoms with Crippen molar-refractivity contribution in [2.75, 3.05) is 0 Å². The first-order valence-corrected chi connectivity index (χ1v) is 6.17. The summed E-state index contributed by atoms with van der Waals surface area (Å²) in [7, 11) is 0. The predicted octanol–water partition coefficient (Wildman–Crippen LogP) is 5.39. The molecule has 3 heteroatoms. The smallest absolute Gasteiger partial charge is 0.128 e. The van der Waals surface area contributed by atoms with Gasteiger partial charge in [-0.25, -0.2) is 4.39 Å². The maximum Gasteiger partial charge on any atom is 0.128 e. The molecule has 2 aromatic carbocycles. The fourth-order valence-corrected chi connectivity index (χ4v) is 2.07. The first-order valence-electron chi connectivity index (χ1n) is 5.79. The third-order valence-corrected chi connectivity index (χ3v) is 2.97. The van der Waals surface area contributed by atoms with E-state index in [0.29, 0.717) is 22.4 Å². The van der Waals surface area contributed by atoms with Gasteiger partial charge in [-0.05, 0) is 47.9 Å². The Bertz CT molecular complexity index is 535. The highest BCUT2D eigenvalue weighted by Gasteiger charge is 2.06. The van der Waals surface area contributed by atoms with Crippen LogP contribution in [0.2, 0.25) is 5.02 Å². The molecule has 0 fully saturated rings. The van der Waals surface area contributed by atoms with Gasteiger partial charge in [-0.3, -0.25) is 0 Å². The van der Waals surface area contributed by atoms with E-state index in [1.165, 1.54) is 12.1 Å². The fraction of sp³-hybridized carbons (Fsp3) is 0.200. The second-order valence-corrected chi connectivity index (χ2v) is 4.80. The number of halogens is 2. The zero-order valence-electron chi connectivity index (χ0n) is 10.3. The maximum absolute atomic E-state index is 12.8. The van der Waals surface area contributed by atoms with E-state index in [0.717, 1.165) is 5.56 Å². The Hall–Kier alpha value is -1.54. The molecule has 94 valence electrons. The summed E-state index contributed by atoms with van der Waals surface area (Å²) < 4.78 is 18.4. The quantitative estimate of drug-likeness (QED) is 0.722. The lowest BCUT2D eigenvalue weighted by atomic mass is 10.0. The maximum atomic E-state index is 12.8. The topological polar surface area (TPSA) is 9.23 Å². The van der Waals surface area contributed by atoms with Crippen molar-refractivity contribution in [3.05, 3.63) is 58.9 Å². The van der Waals surface area contributed by atoms with Crippen LogP contribution >= 0.6 is 11.6 Å². The lowest BCUT2D eigenvalue weighted by molar-refractivity contribution is 0.480. The summed E-state index contributed by atoms with van der Waals surface area (Å²) in [6.07, 6.45) is 0. The monoisotopic (exact) mass is 264 g/mol. The third kappa shape index (κ3) is 3.02. The van der Waals surface area contributed by atoms with Gasteiger partial charge in [0.05, 0.1) is 0 Å². The van der Waals surface area contributed by atoms with Crippen LogP contribution in [0.3, 0.4) is 0 Å². The van der Waals surface area contributed by atoms with Crippen molar-refractivity contribution in [1.82, 2.24) is 0 Å². The molecule has 0 aliphatic carbocycles. The lowest BCUT2D eigenvalue weighted by Gasteiger charge is -2.11. The standard InChI is InChI=1S/C15H14ClFO/c1-10(2)14-8-7-13(9-15(14)16)18-12-5-3-11(17)4-6-12/h3-10H,1-2H3. The zero-order valence-corrected chi connectivity index (χ0v) is 11.0. The molecule has 0 saturated carbocycles. The molecule has 0 atom stereocenters. The van der Waals surface area contributed by atoms with Crippen molar-refractivity contribution in [2.45, 2.75) is 19.8 Å². The van der Waals surface area contributed by atoms with Gasteiger partial charge in [0.2, 0.25) is 0 Å². The summed E-state index contributed by atoms with van der Waals surface area (Å²) in [4.78, 5) is 0. The molecule has 0 aromatic heterocycles. The van der Waals surface area contributed by atoms with Gasteiger partial charge in [0, 0.05) is 5.02 Å². The summed E-state index contributed by atoms with van der Waals surface area (Å²) >= 11 is 6.18. The highest BCUT2D eigenvalue weighted by molar-refractivity contribution is 6.31. The highest BCUT2D eigenvalue weighted by atomic mass is 35.5. The van der Waals surface area contributed by atoms with Gasteiger partial charge in [0.15, 0.2) is 0 Å². The van der Waals surface area contributed by atoms with Crippen LogP contribution in [0, 0.1) is 5.82 Å². The van der Waals surface area contributed by atoms with Gasteiger partial charge in [-0.15, -0.1) is 0 Å². The van der Waals surface area contributed by atoms with Crippen LogP contribution in [0.5, 0.6) is 11.5 Å². The Morgan fingerprint density at radius 3 is 2.17 bits per heavy atom. The number of rotatable bonds is 3. The van der Waals surface area contributed by atoms with Gasteiger partial charge in [0.1, 0.15) is 17.3 Å². The number of hydrogen-bond acceptors (Lipinski definition) is 1. The summed E-state index contributed by atoms with van der Waals surface area (Å²) in [5.74, 6) is 1.33. The van der Waals surface area contributed by atoms with E-state index in [2.05, 4.69) is 13.8 Å². The van der Waals surface area contributed by atoms with E-state index >= 15 is 0 Å². The third-order valence-electron chi connectivity index (χ3n) is 2.64. The molecule has 0 aliphatic heterocycles. The SMILES string of the molecule is CC(C)c1ccc(Oc2ccc(F)cc2)cc1Cl. The predicted molar refractivity (Wildman–Crippen MR) is 72.0 cm³/mol. The molecule has 0 saturated heterocycles. The normalized spacial score (nSPS) is 10.7. The van der Waals surface area contributed by atoms with Crippen LogP contribution in [0.15, 0.2) is 42.5 Å². The van der Waals surface area contributed by atoms with E-state index in [1.54, 1.807) is 18.2 Å². The zero-order chi connectivity index (χ0) is 13.1. The number of ether oxygens (including phenoxy) is 1. The molecule has 1 nitrogen and oxygen atoms in total. The molecule has 0 N–H and O–H groups in total. The van der Waals surface area contributed by atoms with Crippen LogP contribution in [-0.2, 0) is 0 Å². The van der Waals surface area contributed by atoms with Crippen LogP contribution < -0.4 is 4.74 Å². The van der Waals surface area contributed by atoms with E-state index in [-0.39, 0.29) is 5.82 Å². The second-order valence-electron chi connectivity index (χ2n) is 4.39. The van der Waals surface area contributed by atoms with Crippen molar-refractivity contribution < 1.29 is 9.13 Å². The summed E-state index contributed by atoms with van der Waals surface area (Å²) in [6.45, 7) is 4.17. The van der Waals surface area contributed by atoms with E-state index in [1.807, 2.05) is 12.1 Å². The first-order chi connectivity index (χ1) is 8.56. The molecule has 0 unspecified atom stereocenters. The molecule has 0 bridgehead atoms. The van der Waals surface area contributed by atoms with Crippen molar-refractivity contribution in [3.8, 4) is 11.5 Å². The molecule has 0 spiro atoms. The first kappa shape index (κ1) is 12.9. The van der Waals surface area contributed by atoms with Gasteiger partial charge in [-0.2, -0.15) is 0 Å². The minimum atomic E-state index is -0.282. The Kier molecular flexibility index (Phi) is 3.87. The van der Waals surface area contributed by atoms with Crippen molar-refractivity contribution in [3.63, 3.8) is 0 Å². The van der Waals surface area contributed by atoms with Crippen LogP contribution in [0.4, 0.5) is 4.39 Å².